The van der Waals surface area contributed by atoms with Gasteiger partial charge in [-0.2, -0.15) is 13.2 Å². The van der Waals surface area contributed by atoms with Crippen LogP contribution in [0.5, 0.6) is 0 Å². The van der Waals surface area contributed by atoms with E-state index in [0.717, 1.165) is 11.3 Å². The second-order valence-corrected chi connectivity index (χ2v) is 4.71. The summed E-state index contributed by atoms with van der Waals surface area (Å²) in [5, 5.41) is 11.7. The molecule has 19 heavy (non-hydrogen) atoms. The molecular formula is C13H14F3NO2. The molecule has 1 heterocycles. The number of anilines is 1. The highest BCUT2D eigenvalue weighted by Crippen LogP contribution is 2.33. The van der Waals surface area contributed by atoms with E-state index < -0.39 is 30.5 Å². The zero-order chi connectivity index (χ0) is 14.0. The highest BCUT2D eigenvalue weighted by atomic mass is 19.4. The largest absolute Gasteiger partial charge is 0.481 e. The number of carbonyl (C=O) groups is 1. The van der Waals surface area contributed by atoms with Crippen LogP contribution in [0, 0.1) is 5.92 Å². The van der Waals surface area contributed by atoms with E-state index in [-0.39, 0.29) is 0 Å². The Morgan fingerprint density at radius 2 is 2.11 bits per heavy atom. The number of rotatable bonds is 3. The van der Waals surface area contributed by atoms with Gasteiger partial charge in [-0.05, 0) is 30.9 Å². The molecule has 2 atom stereocenters. The van der Waals surface area contributed by atoms with E-state index in [1.165, 1.54) is 0 Å². The Kier molecular flexibility index (Phi) is 3.68. The van der Waals surface area contributed by atoms with E-state index in [4.69, 9.17) is 5.11 Å². The van der Waals surface area contributed by atoms with Crippen molar-refractivity contribution in [2.24, 2.45) is 5.92 Å². The van der Waals surface area contributed by atoms with E-state index in [1.807, 2.05) is 12.1 Å². The zero-order valence-electron chi connectivity index (χ0n) is 10.1. The standard InChI is InChI=1S/C13H14F3NO2/c14-13(15,16)10(12(18)19)7-9-6-5-8-3-1-2-4-11(8)17-9/h1-4,9-10,17H,5-7H2,(H,18,19)/t9-,10-/m0/s1. The van der Waals surface area contributed by atoms with Gasteiger partial charge in [-0.1, -0.05) is 18.2 Å². The fraction of sp³-hybridized carbons (Fsp3) is 0.462. The molecule has 0 bridgehead atoms. The molecule has 104 valence electrons. The second kappa shape index (κ2) is 5.11. The van der Waals surface area contributed by atoms with Gasteiger partial charge in [0, 0.05) is 11.7 Å². The van der Waals surface area contributed by atoms with E-state index in [0.29, 0.717) is 12.8 Å². The van der Waals surface area contributed by atoms with Gasteiger partial charge in [-0.15, -0.1) is 0 Å². The van der Waals surface area contributed by atoms with Crippen LogP contribution in [-0.2, 0) is 11.2 Å². The summed E-state index contributed by atoms with van der Waals surface area (Å²) in [4.78, 5) is 10.7. The molecule has 1 aromatic rings. The molecule has 0 fully saturated rings. The third-order valence-corrected chi connectivity index (χ3v) is 3.35. The Labute approximate surface area is 108 Å². The number of aliphatic carboxylic acids is 1. The Hall–Kier alpha value is -1.72. The van der Waals surface area contributed by atoms with Gasteiger partial charge in [-0.3, -0.25) is 4.79 Å². The Balaban J connectivity index is 2.07. The summed E-state index contributed by atoms with van der Waals surface area (Å²) in [5.74, 6) is -4.12. The number of para-hydroxylation sites is 1. The number of nitrogens with one attached hydrogen (secondary N) is 1. The molecule has 3 nitrogen and oxygen atoms in total. The lowest BCUT2D eigenvalue weighted by atomic mass is 9.91. The average molecular weight is 273 g/mol. The van der Waals surface area contributed by atoms with Crippen molar-refractivity contribution in [3.63, 3.8) is 0 Å². The first kappa shape index (κ1) is 13.7. The van der Waals surface area contributed by atoms with Crippen molar-refractivity contribution in [1.29, 1.82) is 0 Å². The summed E-state index contributed by atoms with van der Waals surface area (Å²) in [7, 11) is 0. The van der Waals surface area contributed by atoms with Gasteiger partial charge in [0.2, 0.25) is 0 Å². The summed E-state index contributed by atoms with van der Waals surface area (Å²) >= 11 is 0. The van der Waals surface area contributed by atoms with Crippen LogP contribution in [0.3, 0.4) is 0 Å². The summed E-state index contributed by atoms with van der Waals surface area (Å²) in [5.41, 5.74) is 1.85. The van der Waals surface area contributed by atoms with Crippen molar-refractivity contribution in [2.75, 3.05) is 5.32 Å². The first-order chi connectivity index (χ1) is 8.88. The first-order valence-corrected chi connectivity index (χ1v) is 6.02. The summed E-state index contributed by atoms with van der Waals surface area (Å²) < 4.78 is 37.8. The third kappa shape index (κ3) is 3.19. The van der Waals surface area contributed by atoms with Crippen LogP contribution in [0.4, 0.5) is 18.9 Å². The van der Waals surface area contributed by atoms with Crippen molar-refractivity contribution < 1.29 is 23.1 Å². The number of fused-ring (bicyclic) bond motifs is 1. The molecule has 0 radical (unpaired) electrons. The molecule has 0 amide bonds. The molecule has 1 aromatic carbocycles. The number of alkyl halides is 3. The molecule has 0 aliphatic carbocycles. The molecular weight excluding hydrogens is 259 g/mol. The smallest absolute Gasteiger partial charge is 0.402 e. The Bertz CT molecular complexity index is 473. The lowest BCUT2D eigenvalue weighted by Crippen LogP contribution is -2.37. The van der Waals surface area contributed by atoms with Gasteiger partial charge in [0.1, 0.15) is 0 Å². The number of benzene rings is 1. The van der Waals surface area contributed by atoms with Crippen LogP contribution in [0.2, 0.25) is 0 Å². The molecule has 2 rings (SSSR count). The van der Waals surface area contributed by atoms with E-state index in [1.54, 1.807) is 12.1 Å². The van der Waals surface area contributed by atoms with Crippen LogP contribution in [-0.4, -0.2) is 23.3 Å². The van der Waals surface area contributed by atoms with Gasteiger partial charge in [-0.25, -0.2) is 0 Å². The zero-order valence-corrected chi connectivity index (χ0v) is 10.1. The quantitative estimate of drug-likeness (QED) is 0.889. The van der Waals surface area contributed by atoms with E-state index in [9.17, 15) is 18.0 Å². The van der Waals surface area contributed by atoms with Crippen LogP contribution in [0.25, 0.3) is 0 Å². The van der Waals surface area contributed by atoms with Gasteiger partial charge >= 0.3 is 12.1 Å². The van der Waals surface area contributed by atoms with Crippen molar-refractivity contribution >= 4 is 11.7 Å². The molecule has 0 spiro atoms. The first-order valence-electron chi connectivity index (χ1n) is 6.02. The summed E-state index contributed by atoms with van der Waals surface area (Å²) in [6, 6.07) is 6.92. The number of halogens is 3. The van der Waals surface area contributed by atoms with Crippen molar-refractivity contribution in [1.82, 2.24) is 0 Å². The summed E-state index contributed by atoms with van der Waals surface area (Å²) in [6.07, 6.45) is -3.97. The minimum absolute atomic E-state index is 0.437. The Morgan fingerprint density at radius 3 is 2.74 bits per heavy atom. The number of carboxylic acids is 1. The minimum atomic E-state index is -4.70. The predicted molar refractivity (Wildman–Crippen MR) is 64.0 cm³/mol. The normalized spacial score (nSPS) is 20.3. The lowest BCUT2D eigenvalue weighted by molar-refractivity contribution is -0.195. The van der Waals surface area contributed by atoms with Crippen molar-refractivity contribution in [3.05, 3.63) is 29.8 Å². The fourth-order valence-electron chi connectivity index (χ4n) is 2.34. The molecule has 1 aliphatic rings. The average Bonchev–Trinajstić information content (AvgIpc) is 2.34. The number of hydrogen-bond donors (Lipinski definition) is 2. The van der Waals surface area contributed by atoms with Gasteiger partial charge in [0.25, 0.3) is 0 Å². The highest BCUT2D eigenvalue weighted by Gasteiger charge is 2.46. The predicted octanol–water partition coefficient (Wildman–Crippen LogP) is 3.07. The fourth-order valence-corrected chi connectivity index (χ4v) is 2.34. The molecule has 0 saturated heterocycles. The minimum Gasteiger partial charge on any atom is -0.481 e. The van der Waals surface area contributed by atoms with E-state index in [2.05, 4.69) is 5.32 Å². The van der Waals surface area contributed by atoms with Crippen molar-refractivity contribution in [3.8, 4) is 0 Å². The molecule has 6 heteroatoms. The number of aryl methyl sites for hydroxylation is 1. The maximum Gasteiger partial charge on any atom is 0.402 e. The Morgan fingerprint density at radius 1 is 1.42 bits per heavy atom. The summed E-state index contributed by atoms with van der Waals surface area (Å²) in [6.45, 7) is 0. The third-order valence-electron chi connectivity index (χ3n) is 3.35. The van der Waals surface area contributed by atoms with Crippen LogP contribution >= 0.6 is 0 Å². The van der Waals surface area contributed by atoms with Crippen LogP contribution in [0.1, 0.15) is 18.4 Å². The second-order valence-electron chi connectivity index (χ2n) is 4.71. The topological polar surface area (TPSA) is 49.3 Å². The number of hydrogen-bond acceptors (Lipinski definition) is 2. The maximum absolute atomic E-state index is 12.6. The van der Waals surface area contributed by atoms with Gasteiger partial charge in [0.05, 0.1) is 0 Å². The highest BCUT2D eigenvalue weighted by molar-refractivity contribution is 5.71. The van der Waals surface area contributed by atoms with E-state index >= 15 is 0 Å². The molecule has 1 aliphatic heterocycles. The van der Waals surface area contributed by atoms with Crippen LogP contribution < -0.4 is 5.32 Å². The molecule has 0 saturated carbocycles. The monoisotopic (exact) mass is 273 g/mol. The lowest BCUT2D eigenvalue weighted by Gasteiger charge is -2.29. The molecule has 0 unspecified atom stereocenters. The maximum atomic E-state index is 12.6. The number of carboxylic acid groups (broad SMARTS) is 1. The van der Waals surface area contributed by atoms with Gasteiger partial charge in [0.15, 0.2) is 5.92 Å². The van der Waals surface area contributed by atoms with Crippen LogP contribution in [0.15, 0.2) is 24.3 Å². The molecule has 0 aromatic heterocycles. The van der Waals surface area contributed by atoms with Gasteiger partial charge < -0.3 is 10.4 Å². The van der Waals surface area contributed by atoms with Crippen molar-refractivity contribution in [2.45, 2.75) is 31.5 Å². The molecule has 2 N–H and O–H groups in total. The SMILES string of the molecule is O=C(O)[C@H](C[C@@H]1CCc2ccccc2N1)C(F)(F)F.